The molecular formula is C18H28N2O3S. The monoisotopic (exact) mass is 352 g/mol. The molecule has 0 unspecified atom stereocenters. The van der Waals surface area contributed by atoms with Gasteiger partial charge in [-0.1, -0.05) is 13.8 Å². The van der Waals surface area contributed by atoms with Crippen molar-refractivity contribution < 1.29 is 14.2 Å². The molecule has 1 atom stereocenters. The van der Waals surface area contributed by atoms with Crippen molar-refractivity contribution in [1.82, 2.24) is 5.32 Å². The maximum Gasteiger partial charge on any atom is 0.170 e. The van der Waals surface area contributed by atoms with Crippen LogP contribution in [0.2, 0.25) is 0 Å². The molecule has 1 aliphatic heterocycles. The predicted octanol–water partition coefficient (Wildman–Crippen LogP) is 3.73. The lowest BCUT2D eigenvalue weighted by Gasteiger charge is -2.16. The molecule has 2 N–H and O–H groups in total. The fourth-order valence-electron chi connectivity index (χ4n) is 2.43. The van der Waals surface area contributed by atoms with E-state index >= 15 is 0 Å². The average molecular weight is 353 g/mol. The Bertz CT molecular complexity index is 519. The molecule has 2 rings (SSSR count). The van der Waals surface area contributed by atoms with Crippen molar-refractivity contribution >= 4 is 23.0 Å². The molecule has 1 fully saturated rings. The Morgan fingerprint density at radius 1 is 1.21 bits per heavy atom. The highest BCUT2D eigenvalue weighted by Crippen LogP contribution is 2.31. The SMILES string of the molecule is CCCOc1ccc(NC(=S)NC[C@@H]2CCCO2)cc1OCCC. The number of anilines is 1. The van der Waals surface area contributed by atoms with Gasteiger partial charge in [0.05, 0.1) is 19.3 Å². The number of ether oxygens (including phenoxy) is 3. The second kappa shape index (κ2) is 10.4. The first-order valence-corrected chi connectivity index (χ1v) is 9.19. The maximum absolute atomic E-state index is 5.80. The zero-order chi connectivity index (χ0) is 17.2. The summed E-state index contributed by atoms with van der Waals surface area (Å²) in [6.07, 6.45) is 4.40. The van der Waals surface area contributed by atoms with Crippen LogP contribution >= 0.6 is 12.2 Å². The summed E-state index contributed by atoms with van der Waals surface area (Å²) in [5, 5.41) is 6.99. The Morgan fingerprint density at radius 3 is 2.62 bits per heavy atom. The molecule has 0 bridgehead atoms. The quantitative estimate of drug-likeness (QED) is 0.661. The summed E-state index contributed by atoms with van der Waals surface area (Å²) in [5.41, 5.74) is 0.884. The molecule has 24 heavy (non-hydrogen) atoms. The van der Waals surface area contributed by atoms with E-state index in [1.54, 1.807) is 0 Å². The van der Waals surface area contributed by atoms with Crippen molar-refractivity contribution in [2.45, 2.75) is 45.6 Å². The first-order valence-electron chi connectivity index (χ1n) is 8.79. The van der Waals surface area contributed by atoms with Crippen molar-refractivity contribution in [1.29, 1.82) is 0 Å². The second-order valence-corrected chi connectivity index (χ2v) is 6.24. The van der Waals surface area contributed by atoms with E-state index in [2.05, 4.69) is 24.5 Å². The molecule has 0 saturated carbocycles. The van der Waals surface area contributed by atoms with Gasteiger partial charge in [0.15, 0.2) is 16.6 Å². The lowest BCUT2D eigenvalue weighted by molar-refractivity contribution is 0.114. The molecule has 1 aromatic rings. The second-order valence-electron chi connectivity index (χ2n) is 5.83. The van der Waals surface area contributed by atoms with Crippen LogP contribution in [0.3, 0.4) is 0 Å². The van der Waals surface area contributed by atoms with Gasteiger partial charge in [0.25, 0.3) is 0 Å². The van der Waals surface area contributed by atoms with Gasteiger partial charge >= 0.3 is 0 Å². The standard InChI is InChI=1S/C18H28N2O3S/c1-3-9-22-16-8-7-14(12-17(16)23-10-4-2)20-18(24)19-13-15-6-5-11-21-15/h7-8,12,15H,3-6,9-11,13H2,1-2H3,(H2,19,20,24)/t15-/m0/s1. The van der Waals surface area contributed by atoms with Crippen LogP contribution in [0.25, 0.3) is 0 Å². The highest BCUT2D eigenvalue weighted by Gasteiger charge is 2.15. The van der Waals surface area contributed by atoms with Crippen molar-refractivity contribution in [3.05, 3.63) is 18.2 Å². The van der Waals surface area contributed by atoms with E-state index in [-0.39, 0.29) is 6.10 Å². The van der Waals surface area contributed by atoms with Gasteiger partial charge in [-0.3, -0.25) is 0 Å². The van der Waals surface area contributed by atoms with Crippen LogP contribution in [0.4, 0.5) is 5.69 Å². The molecule has 5 nitrogen and oxygen atoms in total. The van der Waals surface area contributed by atoms with Crippen LogP contribution in [0.1, 0.15) is 39.5 Å². The summed E-state index contributed by atoms with van der Waals surface area (Å²) in [7, 11) is 0. The number of rotatable bonds is 9. The number of hydrogen-bond donors (Lipinski definition) is 2. The fourth-order valence-corrected chi connectivity index (χ4v) is 2.63. The predicted molar refractivity (Wildman–Crippen MR) is 101 cm³/mol. The summed E-state index contributed by atoms with van der Waals surface area (Å²) < 4.78 is 17.1. The van der Waals surface area contributed by atoms with Crippen molar-refractivity contribution in [3.8, 4) is 11.5 Å². The van der Waals surface area contributed by atoms with E-state index in [0.717, 1.165) is 56.0 Å². The van der Waals surface area contributed by atoms with Gasteiger partial charge in [-0.25, -0.2) is 0 Å². The van der Waals surface area contributed by atoms with Crippen molar-refractivity contribution in [3.63, 3.8) is 0 Å². The molecule has 0 spiro atoms. The van der Waals surface area contributed by atoms with Crippen LogP contribution in [0.5, 0.6) is 11.5 Å². The Kier molecular flexibility index (Phi) is 8.12. The average Bonchev–Trinajstić information content (AvgIpc) is 3.11. The smallest absolute Gasteiger partial charge is 0.170 e. The fraction of sp³-hybridized carbons (Fsp3) is 0.611. The van der Waals surface area contributed by atoms with Gasteiger partial charge in [0.1, 0.15) is 0 Å². The molecule has 0 amide bonds. The van der Waals surface area contributed by atoms with E-state index in [0.29, 0.717) is 18.3 Å². The number of nitrogens with one attached hydrogen (secondary N) is 2. The van der Waals surface area contributed by atoms with Crippen LogP contribution < -0.4 is 20.1 Å². The molecular weight excluding hydrogens is 324 g/mol. The van der Waals surface area contributed by atoms with Gasteiger partial charge in [-0.2, -0.15) is 0 Å². The Labute approximate surface area is 150 Å². The number of benzene rings is 1. The Balaban J connectivity index is 1.91. The van der Waals surface area contributed by atoms with Crippen LogP contribution in [0, 0.1) is 0 Å². The van der Waals surface area contributed by atoms with E-state index in [1.807, 2.05) is 18.2 Å². The van der Waals surface area contributed by atoms with Gasteiger partial charge in [0, 0.05) is 24.9 Å². The lowest BCUT2D eigenvalue weighted by Crippen LogP contribution is -2.34. The van der Waals surface area contributed by atoms with E-state index in [9.17, 15) is 0 Å². The van der Waals surface area contributed by atoms with Gasteiger partial charge in [0.2, 0.25) is 0 Å². The zero-order valence-corrected chi connectivity index (χ0v) is 15.4. The first kappa shape index (κ1) is 18.8. The number of hydrogen-bond acceptors (Lipinski definition) is 4. The van der Waals surface area contributed by atoms with Crippen LogP contribution in [-0.2, 0) is 4.74 Å². The van der Waals surface area contributed by atoms with Crippen molar-refractivity contribution in [2.24, 2.45) is 0 Å². The minimum Gasteiger partial charge on any atom is -0.490 e. The zero-order valence-electron chi connectivity index (χ0n) is 14.6. The Morgan fingerprint density at radius 2 is 1.96 bits per heavy atom. The first-order chi connectivity index (χ1) is 11.7. The maximum atomic E-state index is 5.80. The molecule has 6 heteroatoms. The molecule has 134 valence electrons. The summed E-state index contributed by atoms with van der Waals surface area (Å²) >= 11 is 5.35. The molecule has 1 saturated heterocycles. The summed E-state index contributed by atoms with van der Waals surface area (Å²) in [6, 6.07) is 5.80. The Hall–Kier alpha value is -1.53. The third kappa shape index (κ3) is 6.17. The largest absolute Gasteiger partial charge is 0.490 e. The summed E-state index contributed by atoms with van der Waals surface area (Å²) in [4.78, 5) is 0. The highest BCUT2D eigenvalue weighted by atomic mass is 32.1. The minimum absolute atomic E-state index is 0.262. The normalized spacial score (nSPS) is 16.7. The topological polar surface area (TPSA) is 51.8 Å². The van der Waals surface area contributed by atoms with Crippen LogP contribution in [0.15, 0.2) is 18.2 Å². The third-order valence-corrected chi connectivity index (χ3v) is 3.89. The highest BCUT2D eigenvalue weighted by molar-refractivity contribution is 7.80. The molecule has 1 aromatic carbocycles. The van der Waals surface area contributed by atoms with Crippen molar-refractivity contribution in [2.75, 3.05) is 31.7 Å². The minimum atomic E-state index is 0.262. The summed E-state index contributed by atoms with van der Waals surface area (Å²) in [6.45, 7) is 7.09. The molecule has 0 aliphatic carbocycles. The third-order valence-electron chi connectivity index (χ3n) is 3.64. The molecule has 1 aliphatic rings. The number of thiocarbonyl (C=S) groups is 1. The van der Waals surface area contributed by atoms with Gasteiger partial charge in [-0.05, 0) is 50.0 Å². The van der Waals surface area contributed by atoms with Crippen LogP contribution in [-0.4, -0.2) is 37.6 Å². The molecule has 0 radical (unpaired) electrons. The molecule has 1 heterocycles. The lowest BCUT2D eigenvalue weighted by atomic mass is 10.2. The van der Waals surface area contributed by atoms with E-state index in [4.69, 9.17) is 26.4 Å². The van der Waals surface area contributed by atoms with Gasteiger partial charge in [-0.15, -0.1) is 0 Å². The molecule has 0 aromatic heterocycles. The van der Waals surface area contributed by atoms with E-state index in [1.165, 1.54) is 0 Å². The summed E-state index contributed by atoms with van der Waals surface area (Å²) in [5.74, 6) is 1.52. The van der Waals surface area contributed by atoms with Gasteiger partial charge < -0.3 is 24.8 Å². The van der Waals surface area contributed by atoms with E-state index < -0.39 is 0 Å².